The molecule has 1 N–H and O–H groups in total. The Balaban J connectivity index is 1.92. The van der Waals surface area contributed by atoms with Gasteiger partial charge >= 0.3 is 0 Å². The van der Waals surface area contributed by atoms with E-state index in [0.29, 0.717) is 34.9 Å². The summed E-state index contributed by atoms with van der Waals surface area (Å²) in [6.07, 6.45) is 6.22. The molecule has 0 bridgehead atoms. The first-order valence-corrected chi connectivity index (χ1v) is 8.15. The van der Waals surface area contributed by atoms with Crippen LogP contribution in [0, 0.1) is 0 Å². The summed E-state index contributed by atoms with van der Waals surface area (Å²) in [4.78, 5) is 0. The first-order chi connectivity index (χ1) is 9.22. The highest BCUT2D eigenvalue weighted by Crippen LogP contribution is 2.33. The van der Waals surface area contributed by atoms with E-state index >= 15 is 0 Å². The molecule has 1 heterocycles. The molecule has 2 rings (SSSR count). The highest BCUT2D eigenvalue weighted by Gasteiger charge is 2.21. The smallest absolute Gasteiger partial charge is 0.106 e. The molecule has 0 amide bonds. The van der Waals surface area contributed by atoms with Crippen LogP contribution in [-0.2, 0) is 11.3 Å². The Labute approximate surface area is 123 Å². The van der Waals surface area contributed by atoms with Crippen molar-refractivity contribution in [2.24, 2.45) is 0 Å². The molecular weight excluding hydrogens is 284 g/mol. The van der Waals surface area contributed by atoms with Crippen molar-refractivity contribution in [3.63, 3.8) is 0 Å². The SMILES string of the molecule is COCCn1ncc(Cl)c1C(O)CSC1CCCC1. The average Bonchev–Trinajstić information content (AvgIpc) is 3.03. The normalized spacial score (nSPS) is 18.1. The minimum atomic E-state index is -0.558. The van der Waals surface area contributed by atoms with Crippen LogP contribution in [0.25, 0.3) is 0 Å². The molecule has 19 heavy (non-hydrogen) atoms. The van der Waals surface area contributed by atoms with Crippen LogP contribution in [0.4, 0.5) is 0 Å². The van der Waals surface area contributed by atoms with Gasteiger partial charge in [0.1, 0.15) is 6.10 Å². The van der Waals surface area contributed by atoms with Crippen molar-refractivity contribution >= 4 is 23.4 Å². The summed E-state index contributed by atoms with van der Waals surface area (Å²) in [7, 11) is 1.65. The first kappa shape index (κ1) is 15.2. The minimum absolute atomic E-state index is 0.538. The highest BCUT2D eigenvalue weighted by molar-refractivity contribution is 7.99. The van der Waals surface area contributed by atoms with Crippen LogP contribution >= 0.6 is 23.4 Å². The molecule has 0 aliphatic heterocycles. The van der Waals surface area contributed by atoms with Crippen LogP contribution in [0.3, 0.4) is 0 Å². The van der Waals surface area contributed by atoms with Gasteiger partial charge in [0.2, 0.25) is 0 Å². The van der Waals surface area contributed by atoms with E-state index in [4.69, 9.17) is 16.3 Å². The largest absolute Gasteiger partial charge is 0.386 e. The minimum Gasteiger partial charge on any atom is -0.386 e. The van der Waals surface area contributed by atoms with E-state index in [1.807, 2.05) is 11.8 Å². The first-order valence-electron chi connectivity index (χ1n) is 6.72. The second kappa shape index (κ2) is 7.53. The zero-order valence-electron chi connectivity index (χ0n) is 11.2. The fourth-order valence-corrected chi connectivity index (χ4v) is 3.97. The lowest BCUT2D eigenvalue weighted by Crippen LogP contribution is -2.15. The number of ether oxygens (including phenoxy) is 1. The third-order valence-corrected chi connectivity index (χ3v) is 5.19. The standard InChI is InChI=1S/C13H21ClN2O2S/c1-18-7-6-16-13(11(14)8-15-16)12(17)9-19-10-4-2-3-5-10/h8,10,12,17H,2-7,9H2,1H3. The van der Waals surface area contributed by atoms with Crippen LogP contribution in [0.15, 0.2) is 6.20 Å². The number of aliphatic hydroxyl groups excluding tert-OH is 1. The molecule has 0 radical (unpaired) electrons. The van der Waals surface area contributed by atoms with Gasteiger partial charge in [-0.05, 0) is 12.8 Å². The molecule has 1 atom stereocenters. The Bertz CT molecular complexity index is 394. The van der Waals surface area contributed by atoms with Gasteiger partial charge in [-0.15, -0.1) is 0 Å². The number of thioether (sulfide) groups is 1. The highest BCUT2D eigenvalue weighted by atomic mass is 35.5. The maximum atomic E-state index is 10.3. The van der Waals surface area contributed by atoms with Crippen molar-refractivity contribution in [1.82, 2.24) is 9.78 Å². The van der Waals surface area contributed by atoms with Crippen LogP contribution in [0.5, 0.6) is 0 Å². The van der Waals surface area contributed by atoms with Gasteiger partial charge in [0, 0.05) is 18.1 Å². The molecule has 1 unspecified atom stereocenters. The van der Waals surface area contributed by atoms with E-state index in [1.54, 1.807) is 18.0 Å². The van der Waals surface area contributed by atoms with E-state index in [-0.39, 0.29) is 0 Å². The third kappa shape index (κ3) is 4.12. The van der Waals surface area contributed by atoms with Crippen LogP contribution in [0.1, 0.15) is 37.5 Å². The van der Waals surface area contributed by atoms with Gasteiger partial charge in [-0.2, -0.15) is 16.9 Å². The molecule has 1 aliphatic carbocycles. The molecule has 6 heteroatoms. The van der Waals surface area contributed by atoms with Crippen molar-refractivity contribution in [2.45, 2.75) is 43.6 Å². The van der Waals surface area contributed by atoms with E-state index in [2.05, 4.69) is 5.10 Å². The maximum absolute atomic E-state index is 10.3. The van der Waals surface area contributed by atoms with Gasteiger partial charge in [0.25, 0.3) is 0 Å². The maximum Gasteiger partial charge on any atom is 0.106 e. The summed E-state index contributed by atoms with van der Waals surface area (Å²) in [6.45, 7) is 1.18. The third-order valence-electron chi connectivity index (χ3n) is 3.45. The Hall–Kier alpha value is -0.230. The number of aromatic nitrogens is 2. The van der Waals surface area contributed by atoms with Crippen LogP contribution in [0.2, 0.25) is 5.02 Å². The fourth-order valence-electron chi connectivity index (χ4n) is 2.42. The zero-order chi connectivity index (χ0) is 13.7. The van der Waals surface area contributed by atoms with Crippen molar-refractivity contribution in [3.8, 4) is 0 Å². The van der Waals surface area contributed by atoms with Gasteiger partial charge < -0.3 is 9.84 Å². The number of methoxy groups -OCH3 is 1. The van der Waals surface area contributed by atoms with E-state index in [0.717, 1.165) is 0 Å². The van der Waals surface area contributed by atoms with Gasteiger partial charge in [0.15, 0.2) is 0 Å². The van der Waals surface area contributed by atoms with Gasteiger partial charge in [-0.3, -0.25) is 4.68 Å². The average molecular weight is 305 g/mol. The monoisotopic (exact) mass is 304 g/mol. The zero-order valence-corrected chi connectivity index (χ0v) is 12.8. The molecule has 0 spiro atoms. The Morgan fingerprint density at radius 3 is 3.00 bits per heavy atom. The lowest BCUT2D eigenvalue weighted by molar-refractivity contribution is 0.166. The summed E-state index contributed by atoms with van der Waals surface area (Å²) in [5, 5.41) is 15.7. The van der Waals surface area contributed by atoms with E-state index < -0.39 is 6.10 Å². The summed E-state index contributed by atoms with van der Waals surface area (Å²) >= 11 is 7.97. The molecule has 0 saturated heterocycles. The second-order valence-electron chi connectivity index (χ2n) is 4.85. The molecule has 1 saturated carbocycles. The summed E-state index contributed by atoms with van der Waals surface area (Å²) < 4.78 is 6.78. The van der Waals surface area contributed by atoms with Crippen molar-refractivity contribution in [2.75, 3.05) is 19.5 Å². The molecule has 1 fully saturated rings. The Kier molecular flexibility index (Phi) is 6.01. The number of halogens is 1. The summed E-state index contributed by atoms with van der Waals surface area (Å²) in [6, 6.07) is 0. The lowest BCUT2D eigenvalue weighted by atomic mass is 10.3. The molecule has 0 aromatic carbocycles. The quantitative estimate of drug-likeness (QED) is 0.841. The lowest BCUT2D eigenvalue weighted by Gasteiger charge is -2.16. The van der Waals surface area contributed by atoms with E-state index in [9.17, 15) is 5.11 Å². The van der Waals surface area contributed by atoms with Crippen LogP contribution in [-0.4, -0.2) is 39.6 Å². The fraction of sp³-hybridized carbons (Fsp3) is 0.769. The Morgan fingerprint density at radius 1 is 1.58 bits per heavy atom. The number of hydrogen-bond donors (Lipinski definition) is 1. The van der Waals surface area contributed by atoms with Gasteiger partial charge in [0.05, 0.1) is 30.1 Å². The molecule has 1 aliphatic rings. The molecule has 1 aromatic rings. The summed E-state index contributed by atoms with van der Waals surface area (Å²) in [5.41, 5.74) is 0.712. The molecule has 108 valence electrons. The number of rotatable bonds is 7. The van der Waals surface area contributed by atoms with Crippen molar-refractivity contribution < 1.29 is 9.84 Å². The predicted octanol–water partition coefficient (Wildman–Crippen LogP) is 2.89. The van der Waals surface area contributed by atoms with Crippen LogP contribution < -0.4 is 0 Å². The predicted molar refractivity (Wildman–Crippen MR) is 78.8 cm³/mol. The molecule has 4 nitrogen and oxygen atoms in total. The molecular formula is C13H21ClN2O2S. The Morgan fingerprint density at radius 2 is 2.32 bits per heavy atom. The number of nitrogens with zero attached hydrogens (tertiary/aromatic N) is 2. The second-order valence-corrected chi connectivity index (χ2v) is 6.59. The van der Waals surface area contributed by atoms with Gasteiger partial charge in [-0.25, -0.2) is 0 Å². The summed E-state index contributed by atoms with van der Waals surface area (Å²) in [5.74, 6) is 0.684. The van der Waals surface area contributed by atoms with E-state index in [1.165, 1.54) is 25.7 Å². The topological polar surface area (TPSA) is 47.3 Å². The number of hydrogen-bond acceptors (Lipinski definition) is 4. The van der Waals surface area contributed by atoms with Crippen molar-refractivity contribution in [3.05, 3.63) is 16.9 Å². The molecule has 1 aromatic heterocycles. The van der Waals surface area contributed by atoms with Gasteiger partial charge in [-0.1, -0.05) is 24.4 Å². The van der Waals surface area contributed by atoms with Crippen molar-refractivity contribution in [1.29, 1.82) is 0 Å². The number of aliphatic hydroxyl groups is 1.